The fourth-order valence-electron chi connectivity index (χ4n) is 1.08. The van der Waals surface area contributed by atoms with Gasteiger partial charge in [-0.1, -0.05) is 34.2 Å². The molecule has 1 rings (SSSR count). The molecule has 0 saturated carbocycles. The molecule has 0 N–H and O–H groups in total. The van der Waals surface area contributed by atoms with Crippen molar-refractivity contribution >= 4 is 15.9 Å². The first-order valence-electron chi connectivity index (χ1n) is 3.50. The van der Waals surface area contributed by atoms with Crippen LogP contribution in [0.4, 0.5) is 8.78 Å². The Morgan fingerprint density at radius 1 is 1.64 bits per heavy atom. The molecule has 11 heavy (non-hydrogen) atoms. The fourth-order valence-corrected chi connectivity index (χ4v) is 1.60. The lowest BCUT2D eigenvalue weighted by molar-refractivity contribution is 0.123. The van der Waals surface area contributed by atoms with E-state index < -0.39 is 6.43 Å². The number of hydrogen-bond donors (Lipinski definition) is 0. The molecule has 0 saturated heterocycles. The molecule has 0 aliphatic heterocycles. The fraction of sp³-hybridized carbons (Fsp3) is 0.500. The van der Waals surface area contributed by atoms with Crippen LogP contribution in [-0.4, -0.2) is 6.43 Å². The van der Waals surface area contributed by atoms with Gasteiger partial charge in [0.2, 0.25) is 6.43 Å². The Hall–Kier alpha value is -0.180. The zero-order chi connectivity index (χ0) is 8.27. The Labute approximate surface area is 73.1 Å². The van der Waals surface area contributed by atoms with Crippen LogP contribution in [0.15, 0.2) is 22.7 Å². The largest absolute Gasteiger partial charge is 0.239 e. The van der Waals surface area contributed by atoms with Crippen molar-refractivity contribution in [3.05, 3.63) is 22.7 Å². The molecule has 1 unspecified atom stereocenters. The third kappa shape index (κ3) is 2.73. The van der Waals surface area contributed by atoms with Gasteiger partial charge in [0.25, 0.3) is 0 Å². The summed E-state index contributed by atoms with van der Waals surface area (Å²) in [5.74, 6) is -0.0139. The third-order valence-electron chi connectivity index (χ3n) is 1.66. The van der Waals surface area contributed by atoms with Crippen molar-refractivity contribution in [3.63, 3.8) is 0 Å². The summed E-state index contributed by atoms with van der Waals surface area (Å²) in [5, 5.41) is 0. The minimum absolute atomic E-state index is 0.0139. The average Bonchev–Trinajstić information content (AvgIpc) is 1.93. The van der Waals surface area contributed by atoms with Crippen LogP contribution in [0, 0.1) is 5.92 Å². The van der Waals surface area contributed by atoms with Crippen molar-refractivity contribution in [2.45, 2.75) is 19.3 Å². The highest BCUT2D eigenvalue weighted by atomic mass is 79.9. The summed E-state index contributed by atoms with van der Waals surface area (Å²) in [6.07, 6.45) is 4.11. The summed E-state index contributed by atoms with van der Waals surface area (Å²) in [4.78, 5) is 0. The van der Waals surface area contributed by atoms with Gasteiger partial charge in [-0.15, -0.1) is 0 Å². The first-order valence-corrected chi connectivity index (χ1v) is 4.30. The normalized spacial score (nSPS) is 24.0. The molecule has 0 nitrogen and oxygen atoms in total. The second-order valence-electron chi connectivity index (χ2n) is 2.54. The number of halogens is 3. The average molecular weight is 223 g/mol. The molecule has 0 aromatic carbocycles. The van der Waals surface area contributed by atoms with Crippen LogP contribution in [0.2, 0.25) is 0 Å². The van der Waals surface area contributed by atoms with E-state index in [0.29, 0.717) is 0 Å². The van der Waals surface area contributed by atoms with E-state index in [1.54, 1.807) is 0 Å². The SMILES string of the molecule is FC(F)CC1CC=CC=C1Br. The lowest BCUT2D eigenvalue weighted by atomic mass is 9.98. The number of hydrogen-bond acceptors (Lipinski definition) is 0. The van der Waals surface area contributed by atoms with Gasteiger partial charge in [0.15, 0.2) is 0 Å². The van der Waals surface area contributed by atoms with Gasteiger partial charge in [-0.25, -0.2) is 8.78 Å². The number of alkyl halides is 2. The van der Waals surface area contributed by atoms with E-state index in [1.165, 1.54) is 0 Å². The van der Waals surface area contributed by atoms with Crippen LogP contribution < -0.4 is 0 Å². The monoisotopic (exact) mass is 222 g/mol. The van der Waals surface area contributed by atoms with E-state index in [1.807, 2.05) is 18.2 Å². The van der Waals surface area contributed by atoms with Crippen molar-refractivity contribution in [2.75, 3.05) is 0 Å². The highest BCUT2D eigenvalue weighted by Gasteiger charge is 2.17. The summed E-state index contributed by atoms with van der Waals surface area (Å²) in [7, 11) is 0. The Morgan fingerprint density at radius 2 is 2.36 bits per heavy atom. The van der Waals surface area contributed by atoms with Crippen LogP contribution >= 0.6 is 15.9 Å². The molecule has 0 spiro atoms. The quantitative estimate of drug-likeness (QED) is 0.672. The highest BCUT2D eigenvalue weighted by molar-refractivity contribution is 9.11. The summed E-state index contributed by atoms with van der Waals surface area (Å²) in [5.41, 5.74) is 0. The van der Waals surface area contributed by atoms with Gasteiger partial charge in [-0.3, -0.25) is 0 Å². The summed E-state index contributed by atoms with van der Waals surface area (Å²) < 4.78 is 24.7. The van der Waals surface area contributed by atoms with Gasteiger partial charge >= 0.3 is 0 Å². The first kappa shape index (κ1) is 8.91. The van der Waals surface area contributed by atoms with Crippen molar-refractivity contribution in [1.29, 1.82) is 0 Å². The summed E-state index contributed by atoms with van der Waals surface area (Å²) in [6.45, 7) is 0. The van der Waals surface area contributed by atoms with E-state index in [0.717, 1.165) is 10.9 Å². The van der Waals surface area contributed by atoms with Gasteiger partial charge in [-0.2, -0.15) is 0 Å². The van der Waals surface area contributed by atoms with E-state index in [9.17, 15) is 8.78 Å². The lowest BCUT2D eigenvalue weighted by Crippen LogP contribution is -2.06. The third-order valence-corrected chi connectivity index (χ3v) is 2.58. The Balaban J connectivity index is 2.47. The molecular weight excluding hydrogens is 214 g/mol. The van der Waals surface area contributed by atoms with Crippen molar-refractivity contribution in [1.82, 2.24) is 0 Å². The van der Waals surface area contributed by atoms with E-state index >= 15 is 0 Å². The first-order chi connectivity index (χ1) is 5.20. The molecule has 0 radical (unpaired) electrons. The van der Waals surface area contributed by atoms with Gasteiger partial charge < -0.3 is 0 Å². The molecule has 0 aromatic rings. The zero-order valence-electron chi connectivity index (χ0n) is 5.93. The standard InChI is InChI=1S/C8H9BrF2/c9-7-4-2-1-3-6(7)5-8(10)11/h1-2,4,6,8H,3,5H2. The van der Waals surface area contributed by atoms with Crippen LogP contribution in [0.25, 0.3) is 0 Å². The van der Waals surface area contributed by atoms with Crippen LogP contribution in [0.1, 0.15) is 12.8 Å². The van der Waals surface area contributed by atoms with Crippen LogP contribution in [0.3, 0.4) is 0 Å². The smallest absolute Gasteiger partial charge is 0.211 e. The Morgan fingerprint density at radius 3 is 2.91 bits per heavy atom. The molecule has 1 atom stereocenters. The zero-order valence-corrected chi connectivity index (χ0v) is 7.52. The van der Waals surface area contributed by atoms with Crippen molar-refractivity contribution in [3.8, 4) is 0 Å². The Kier molecular flexibility index (Phi) is 3.24. The summed E-state index contributed by atoms with van der Waals surface area (Å²) >= 11 is 3.26. The van der Waals surface area contributed by atoms with E-state index in [2.05, 4.69) is 15.9 Å². The van der Waals surface area contributed by atoms with Crippen LogP contribution in [-0.2, 0) is 0 Å². The maximum atomic E-state index is 11.9. The number of allylic oxidation sites excluding steroid dienone is 4. The molecule has 1 aliphatic carbocycles. The molecule has 62 valence electrons. The summed E-state index contributed by atoms with van der Waals surface area (Å²) in [6, 6.07) is 0. The minimum Gasteiger partial charge on any atom is -0.211 e. The predicted molar refractivity (Wildman–Crippen MR) is 44.9 cm³/mol. The molecule has 0 amide bonds. The second-order valence-corrected chi connectivity index (χ2v) is 3.45. The predicted octanol–water partition coefficient (Wildman–Crippen LogP) is 3.50. The molecule has 1 aliphatic rings. The van der Waals surface area contributed by atoms with E-state index in [-0.39, 0.29) is 12.3 Å². The van der Waals surface area contributed by atoms with Gasteiger partial charge in [-0.05, 0) is 16.8 Å². The van der Waals surface area contributed by atoms with Gasteiger partial charge in [0.05, 0.1) is 0 Å². The Bertz CT molecular complexity index is 185. The molecule has 0 fully saturated rings. The maximum absolute atomic E-state index is 11.9. The molecule has 0 aromatic heterocycles. The molecular formula is C8H9BrF2. The topological polar surface area (TPSA) is 0 Å². The van der Waals surface area contributed by atoms with Crippen molar-refractivity contribution in [2.24, 2.45) is 5.92 Å². The van der Waals surface area contributed by atoms with Gasteiger partial charge in [0.1, 0.15) is 0 Å². The highest BCUT2D eigenvalue weighted by Crippen LogP contribution is 2.30. The van der Waals surface area contributed by atoms with Crippen molar-refractivity contribution < 1.29 is 8.78 Å². The maximum Gasteiger partial charge on any atom is 0.239 e. The number of rotatable bonds is 2. The molecule has 0 heterocycles. The van der Waals surface area contributed by atoms with Gasteiger partial charge in [0, 0.05) is 6.42 Å². The minimum atomic E-state index is -2.20. The van der Waals surface area contributed by atoms with Crippen LogP contribution in [0.5, 0.6) is 0 Å². The van der Waals surface area contributed by atoms with E-state index in [4.69, 9.17) is 0 Å². The molecule has 3 heteroatoms. The lowest BCUT2D eigenvalue weighted by Gasteiger charge is -2.15. The second kappa shape index (κ2) is 4.00. The molecule has 0 bridgehead atoms.